The SMILES string of the molecule is N#Cc1c(NC(=O)Cn2nc3n(c2=O)CCCCC3)sc2c1CCCC2. The second-order valence-corrected chi connectivity index (χ2v) is 8.00. The number of amides is 1. The molecule has 1 amide bonds. The van der Waals surface area contributed by atoms with Crippen molar-refractivity contribution < 1.29 is 4.79 Å². The van der Waals surface area contributed by atoms with Gasteiger partial charge in [-0.25, -0.2) is 9.48 Å². The highest BCUT2D eigenvalue weighted by Gasteiger charge is 2.23. The topological polar surface area (TPSA) is 92.7 Å². The first-order valence-corrected chi connectivity index (χ1v) is 10.00. The van der Waals surface area contributed by atoms with Crippen LogP contribution in [0.25, 0.3) is 0 Å². The third-order valence-corrected chi connectivity index (χ3v) is 6.32. The Morgan fingerprint density at radius 3 is 2.85 bits per heavy atom. The van der Waals surface area contributed by atoms with Gasteiger partial charge in [-0.3, -0.25) is 9.36 Å². The molecule has 2 aromatic rings. The third kappa shape index (κ3) is 3.07. The van der Waals surface area contributed by atoms with E-state index >= 15 is 0 Å². The highest BCUT2D eigenvalue weighted by molar-refractivity contribution is 7.16. The number of fused-ring (bicyclic) bond motifs is 2. The fourth-order valence-corrected chi connectivity index (χ4v) is 5.06. The summed E-state index contributed by atoms with van der Waals surface area (Å²) >= 11 is 1.49. The van der Waals surface area contributed by atoms with Crippen LogP contribution in [0.3, 0.4) is 0 Å². The summed E-state index contributed by atoms with van der Waals surface area (Å²) in [6.45, 7) is 0.554. The lowest BCUT2D eigenvalue weighted by Gasteiger charge is -2.09. The second-order valence-electron chi connectivity index (χ2n) is 6.89. The Bertz CT molecular complexity index is 946. The Kier molecular flexibility index (Phi) is 4.64. The molecule has 0 fully saturated rings. The maximum absolute atomic E-state index is 12.5. The largest absolute Gasteiger partial charge is 0.346 e. The van der Waals surface area contributed by atoms with E-state index in [-0.39, 0.29) is 18.1 Å². The summed E-state index contributed by atoms with van der Waals surface area (Å²) in [6.07, 6.45) is 7.95. The number of aryl methyl sites for hydroxylation is 2. The fourth-order valence-electron chi connectivity index (χ4n) is 3.80. The molecule has 0 aromatic carbocycles. The van der Waals surface area contributed by atoms with Gasteiger partial charge >= 0.3 is 5.69 Å². The number of anilines is 1. The minimum absolute atomic E-state index is 0.119. The van der Waals surface area contributed by atoms with E-state index < -0.39 is 0 Å². The van der Waals surface area contributed by atoms with Crippen LogP contribution in [0.1, 0.15) is 53.9 Å². The van der Waals surface area contributed by atoms with E-state index in [1.165, 1.54) is 20.9 Å². The number of nitrogens with one attached hydrogen (secondary N) is 1. The minimum Gasteiger partial charge on any atom is -0.315 e. The van der Waals surface area contributed by atoms with Gasteiger partial charge in [0.25, 0.3) is 0 Å². The monoisotopic (exact) mass is 371 g/mol. The number of carbonyl (C=O) groups is 1. The molecule has 3 heterocycles. The molecular formula is C18H21N5O2S. The molecule has 7 nitrogen and oxygen atoms in total. The summed E-state index contributed by atoms with van der Waals surface area (Å²) in [5.74, 6) is 0.458. The summed E-state index contributed by atoms with van der Waals surface area (Å²) < 4.78 is 2.93. The van der Waals surface area contributed by atoms with Crippen molar-refractivity contribution in [1.82, 2.24) is 14.3 Å². The highest BCUT2D eigenvalue weighted by atomic mass is 32.1. The number of hydrogen-bond donors (Lipinski definition) is 1. The van der Waals surface area contributed by atoms with Crippen molar-refractivity contribution in [2.75, 3.05) is 5.32 Å². The molecule has 0 atom stereocenters. The average Bonchev–Trinajstić information content (AvgIpc) is 3.01. The maximum atomic E-state index is 12.5. The summed E-state index contributed by atoms with van der Waals surface area (Å²) in [6, 6.07) is 2.24. The van der Waals surface area contributed by atoms with Crippen LogP contribution in [0.15, 0.2) is 4.79 Å². The number of carbonyl (C=O) groups excluding carboxylic acids is 1. The molecule has 4 rings (SSSR count). The van der Waals surface area contributed by atoms with Crippen molar-refractivity contribution in [2.45, 2.75) is 64.5 Å². The van der Waals surface area contributed by atoms with Crippen LogP contribution in [-0.2, 0) is 37.1 Å². The number of aromatic nitrogens is 3. The van der Waals surface area contributed by atoms with Crippen molar-refractivity contribution in [3.05, 3.63) is 32.3 Å². The van der Waals surface area contributed by atoms with Crippen molar-refractivity contribution in [1.29, 1.82) is 5.26 Å². The number of hydrogen-bond acceptors (Lipinski definition) is 5. The third-order valence-electron chi connectivity index (χ3n) is 5.11. The molecular weight excluding hydrogens is 350 g/mol. The average molecular weight is 371 g/mol. The van der Waals surface area contributed by atoms with Gasteiger partial charge in [-0.1, -0.05) is 6.42 Å². The van der Waals surface area contributed by atoms with Gasteiger partial charge in [0.1, 0.15) is 23.4 Å². The first kappa shape index (κ1) is 17.0. The van der Waals surface area contributed by atoms with Gasteiger partial charge in [-0.2, -0.15) is 10.4 Å². The number of thiophene rings is 1. The molecule has 8 heteroatoms. The maximum Gasteiger partial charge on any atom is 0.346 e. The van der Waals surface area contributed by atoms with E-state index in [2.05, 4.69) is 16.5 Å². The summed E-state index contributed by atoms with van der Waals surface area (Å²) in [4.78, 5) is 26.1. The molecule has 136 valence electrons. The molecule has 2 aromatic heterocycles. The Balaban J connectivity index is 1.53. The standard InChI is InChI=1S/C18H21N5O2S/c19-10-13-12-6-3-4-7-14(12)26-17(13)20-16(24)11-23-18(25)22-9-5-1-2-8-15(22)21-23/h1-9,11H2,(H,20,24). The summed E-state index contributed by atoms with van der Waals surface area (Å²) in [5.41, 5.74) is 1.46. The normalized spacial score (nSPS) is 16.3. The zero-order chi connectivity index (χ0) is 18.1. The van der Waals surface area contributed by atoms with E-state index in [0.29, 0.717) is 17.1 Å². The molecule has 0 unspecified atom stereocenters. The van der Waals surface area contributed by atoms with Gasteiger partial charge in [0, 0.05) is 17.8 Å². The summed E-state index contributed by atoms with van der Waals surface area (Å²) in [7, 11) is 0. The van der Waals surface area contributed by atoms with Gasteiger partial charge in [-0.15, -0.1) is 11.3 Å². The lowest BCUT2D eigenvalue weighted by molar-refractivity contribution is -0.116. The van der Waals surface area contributed by atoms with Gasteiger partial charge in [0.2, 0.25) is 5.91 Å². The van der Waals surface area contributed by atoms with Crippen molar-refractivity contribution in [2.24, 2.45) is 0 Å². The zero-order valence-corrected chi connectivity index (χ0v) is 15.4. The Morgan fingerprint density at radius 1 is 1.19 bits per heavy atom. The number of nitrogens with zero attached hydrogens (tertiary/aromatic N) is 4. The predicted octanol–water partition coefficient (Wildman–Crippen LogP) is 2.22. The predicted molar refractivity (Wildman–Crippen MR) is 98.3 cm³/mol. The lowest BCUT2D eigenvalue weighted by Crippen LogP contribution is -2.30. The van der Waals surface area contributed by atoms with Crippen LogP contribution in [0, 0.1) is 11.3 Å². The molecule has 0 saturated heterocycles. The van der Waals surface area contributed by atoms with Crippen LogP contribution in [-0.4, -0.2) is 20.3 Å². The van der Waals surface area contributed by atoms with Gasteiger partial charge in [0.05, 0.1) is 5.56 Å². The lowest BCUT2D eigenvalue weighted by atomic mass is 9.96. The first-order chi connectivity index (χ1) is 12.7. The van der Waals surface area contributed by atoms with E-state index in [0.717, 1.165) is 62.8 Å². The van der Waals surface area contributed by atoms with E-state index in [1.54, 1.807) is 4.57 Å². The highest BCUT2D eigenvalue weighted by Crippen LogP contribution is 2.37. The Hall–Kier alpha value is -2.40. The van der Waals surface area contributed by atoms with Crippen LogP contribution in [0.2, 0.25) is 0 Å². The van der Waals surface area contributed by atoms with Gasteiger partial charge in [-0.05, 0) is 44.1 Å². The van der Waals surface area contributed by atoms with E-state index in [4.69, 9.17) is 0 Å². The Morgan fingerprint density at radius 2 is 2.00 bits per heavy atom. The van der Waals surface area contributed by atoms with E-state index in [1.807, 2.05) is 0 Å². The molecule has 0 saturated carbocycles. The smallest absolute Gasteiger partial charge is 0.315 e. The molecule has 1 N–H and O–H groups in total. The number of rotatable bonds is 3. The van der Waals surface area contributed by atoms with Crippen LogP contribution in [0.5, 0.6) is 0 Å². The molecule has 0 radical (unpaired) electrons. The van der Waals surface area contributed by atoms with Crippen LogP contribution >= 0.6 is 11.3 Å². The van der Waals surface area contributed by atoms with Crippen molar-refractivity contribution in [3.8, 4) is 6.07 Å². The molecule has 26 heavy (non-hydrogen) atoms. The zero-order valence-electron chi connectivity index (χ0n) is 14.6. The van der Waals surface area contributed by atoms with E-state index in [9.17, 15) is 14.9 Å². The molecule has 0 bridgehead atoms. The van der Waals surface area contributed by atoms with Crippen molar-refractivity contribution >= 4 is 22.2 Å². The van der Waals surface area contributed by atoms with Gasteiger partial charge in [0.15, 0.2) is 0 Å². The second kappa shape index (κ2) is 7.08. The molecule has 0 spiro atoms. The molecule has 1 aliphatic heterocycles. The van der Waals surface area contributed by atoms with Gasteiger partial charge < -0.3 is 5.32 Å². The van der Waals surface area contributed by atoms with Crippen molar-refractivity contribution in [3.63, 3.8) is 0 Å². The first-order valence-electron chi connectivity index (χ1n) is 9.18. The Labute approximate surface area is 155 Å². The summed E-state index contributed by atoms with van der Waals surface area (Å²) in [5, 5.41) is 17.3. The fraction of sp³-hybridized carbons (Fsp3) is 0.556. The number of nitriles is 1. The van der Waals surface area contributed by atoms with Crippen LogP contribution in [0.4, 0.5) is 5.00 Å². The quantitative estimate of drug-likeness (QED) is 0.895. The minimum atomic E-state index is -0.310. The molecule has 2 aliphatic rings. The molecule has 1 aliphatic carbocycles. The van der Waals surface area contributed by atoms with Crippen LogP contribution < -0.4 is 11.0 Å².